The van der Waals surface area contributed by atoms with E-state index < -0.39 is 10.0 Å². The second kappa shape index (κ2) is 5.29. The Morgan fingerprint density at radius 2 is 2.20 bits per heavy atom. The molecule has 0 amide bonds. The van der Waals surface area contributed by atoms with Crippen molar-refractivity contribution in [3.05, 3.63) is 16.7 Å². The lowest BCUT2D eigenvalue weighted by molar-refractivity contribution is 0.334. The molecule has 1 fully saturated rings. The first-order valence-corrected chi connectivity index (χ1v) is 9.38. The highest BCUT2D eigenvalue weighted by Gasteiger charge is 2.36. The highest BCUT2D eigenvalue weighted by Crippen LogP contribution is 2.32. The van der Waals surface area contributed by atoms with Gasteiger partial charge in [-0.2, -0.15) is 4.31 Å². The summed E-state index contributed by atoms with van der Waals surface area (Å²) >= 11 is 7.44. The van der Waals surface area contributed by atoms with Crippen molar-refractivity contribution in [2.45, 2.75) is 43.7 Å². The number of sulfonamides is 1. The summed E-state index contributed by atoms with van der Waals surface area (Å²) in [6.45, 7) is 2.33. The van der Waals surface area contributed by atoms with Crippen LogP contribution in [-0.2, 0) is 10.0 Å². The van der Waals surface area contributed by atoms with E-state index in [9.17, 15) is 8.42 Å². The third-order valence-electron chi connectivity index (χ3n) is 3.78. The molecule has 0 aromatic carbocycles. The van der Waals surface area contributed by atoms with Crippen LogP contribution >= 0.6 is 22.9 Å². The van der Waals surface area contributed by atoms with Crippen LogP contribution in [0.3, 0.4) is 0 Å². The van der Waals surface area contributed by atoms with Gasteiger partial charge in [-0.3, -0.25) is 4.40 Å². The molecular weight excluding hydrogens is 318 g/mol. The summed E-state index contributed by atoms with van der Waals surface area (Å²) in [6, 6.07) is 0.0882. The van der Waals surface area contributed by atoms with E-state index in [0.29, 0.717) is 11.5 Å². The van der Waals surface area contributed by atoms with Gasteiger partial charge in [0.05, 0.1) is 0 Å². The zero-order valence-electron chi connectivity index (χ0n) is 11.1. The molecule has 5 nitrogen and oxygen atoms in total. The van der Waals surface area contributed by atoms with Crippen molar-refractivity contribution < 1.29 is 8.42 Å². The molecule has 8 heteroatoms. The van der Waals surface area contributed by atoms with Crippen molar-refractivity contribution in [3.8, 4) is 0 Å². The second-order valence-corrected chi connectivity index (χ2v) is 7.95. The van der Waals surface area contributed by atoms with E-state index in [1.807, 2.05) is 12.3 Å². The largest absolute Gasteiger partial charge is 0.279 e. The van der Waals surface area contributed by atoms with Crippen molar-refractivity contribution in [2.75, 3.05) is 6.54 Å². The summed E-state index contributed by atoms with van der Waals surface area (Å²) in [5.41, 5.74) is 0. The molecule has 2 heterocycles. The number of imidazole rings is 1. The molecule has 1 saturated carbocycles. The van der Waals surface area contributed by atoms with Crippen LogP contribution in [-0.4, -0.2) is 34.7 Å². The van der Waals surface area contributed by atoms with E-state index >= 15 is 0 Å². The zero-order valence-corrected chi connectivity index (χ0v) is 13.5. The summed E-state index contributed by atoms with van der Waals surface area (Å²) in [4.78, 5) is 4.73. The molecule has 0 bridgehead atoms. The van der Waals surface area contributed by atoms with E-state index in [0.717, 1.165) is 25.7 Å². The third kappa shape index (κ3) is 2.16. The molecule has 0 saturated heterocycles. The number of fused-ring (bicyclic) bond motifs is 1. The predicted octanol–water partition coefficient (Wildman–Crippen LogP) is 3.00. The van der Waals surface area contributed by atoms with E-state index in [1.54, 1.807) is 14.9 Å². The van der Waals surface area contributed by atoms with Gasteiger partial charge in [0.2, 0.25) is 0 Å². The first kappa shape index (κ1) is 14.3. The van der Waals surface area contributed by atoms with Crippen LogP contribution < -0.4 is 0 Å². The number of thiazole rings is 1. The Morgan fingerprint density at radius 3 is 2.85 bits per heavy atom. The molecule has 110 valence electrons. The van der Waals surface area contributed by atoms with Crippen molar-refractivity contribution >= 4 is 37.9 Å². The molecule has 2 aromatic rings. The van der Waals surface area contributed by atoms with Crippen LogP contribution in [0.1, 0.15) is 32.6 Å². The van der Waals surface area contributed by atoms with Crippen molar-refractivity contribution in [1.29, 1.82) is 0 Å². The maximum atomic E-state index is 12.9. The molecule has 20 heavy (non-hydrogen) atoms. The van der Waals surface area contributed by atoms with E-state index in [4.69, 9.17) is 11.6 Å². The smallest absolute Gasteiger partial charge is 0.262 e. The fourth-order valence-electron chi connectivity index (χ4n) is 2.90. The van der Waals surface area contributed by atoms with Gasteiger partial charge < -0.3 is 0 Å². The number of halogens is 1. The Bertz CT molecular complexity index is 716. The number of rotatable bonds is 4. The Hall–Kier alpha value is -0.630. The van der Waals surface area contributed by atoms with E-state index in [1.165, 1.54) is 11.3 Å². The van der Waals surface area contributed by atoms with Gasteiger partial charge >= 0.3 is 0 Å². The quantitative estimate of drug-likeness (QED) is 0.864. The van der Waals surface area contributed by atoms with Gasteiger partial charge in [0, 0.05) is 24.2 Å². The maximum absolute atomic E-state index is 12.9. The summed E-state index contributed by atoms with van der Waals surface area (Å²) in [7, 11) is -3.61. The highest BCUT2D eigenvalue weighted by molar-refractivity contribution is 7.89. The maximum Gasteiger partial charge on any atom is 0.262 e. The molecule has 0 aliphatic heterocycles. The van der Waals surface area contributed by atoms with Gasteiger partial charge in [0.25, 0.3) is 10.0 Å². The van der Waals surface area contributed by atoms with E-state index in [2.05, 4.69) is 4.98 Å². The van der Waals surface area contributed by atoms with Gasteiger partial charge in [-0.25, -0.2) is 13.4 Å². The minimum Gasteiger partial charge on any atom is -0.279 e. The molecule has 0 unspecified atom stereocenters. The van der Waals surface area contributed by atoms with Gasteiger partial charge in [0.1, 0.15) is 0 Å². The molecule has 2 aromatic heterocycles. The lowest BCUT2D eigenvalue weighted by Crippen LogP contribution is -2.39. The molecule has 1 aliphatic rings. The number of hydrogen-bond acceptors (Lipinski definition) is 4. The van der Waals surface area contributed by atoms with Crippen LogP contribution in [0.5, 0.6) is 0 Å². The fourth-order valence-corrected chi connectivity index (χ4v) is 6.00. The normalized spacial score (nSPS) is 17.6. The van der Waals surface area contributed by atoms with Crippen molar-refractivity contribution in [1.82, 2.24) is 13.7 Å². The summed E-state index contributed by atoms with van der Waals surface area (Å²) in [5.74, 6) is 0. The Kier molecular flexibility index (Phi) is 3.79. The Balaban J connectivity index is 2.10. The molecule has 1 aliphatic carbocycles. The molecule has 0 spiro atoms. The minimum absolute atomic E-state index is 0.0632. The van der Waals surface area contributed by atoms with Crippen LogP contribution in [0.2, 0.25) is 5.15 Å². The number of nitrogens with zero attached hydrogens (tertiary/aromatic N) is 3. The summed E-state index contributed by atoms with van der Waals surface area (Å²) in [5, 5.41) is 1.97. The van der Waals surface area contributed by atoms with Gasteiger partial charge in [-0.1, -0.05) is 31.4 Å². The van der Waals surface area contributed by atoms with Gasteiger partial charge in [0.15, 0.2) is 15.1 Å². The average Bonchev–Trinajstić information content (AvgIpc) is 3.05. The fraction of sp³-hybridized carbons (Fsp3) is 0.583. The van der Waals surface area contributed by atoms with Crippen LogP contribution in [0.15, 0.2) is 16.6 Å². The minimum atomic E-state index is -3.61. The lowest BCUT2D eigenvalue weighted by atomic mass is 10.2. The zero-order chi connectivity index (χ0) is 14.3. The predicted molar refractivity (Wildman–Crippen MR) is 79.9 cm³/mol. The first-order chi connectivity index (χ1) is 9.55. The average molecular weight is 334 g/mol. The second-order valence-electron chi connectivity index (χ2n) is 4.91. The van der Waals surface area contributed by atoms with Crippen LogP contribution in [0.4, 0.5) is 0 Å². The SMILES string of the molecule is CCN(C1CCCC1)S(=O)(=O)c1c(Cl)nc2sccn12. The summed E-state index contributed by atoms with van der Waals surface area (Å²) in [6.07, 6.45) is 5.73. The highest BCUT2D eigenvalue weighted by atomic mass is 35.5. The standard InChI is InChI=1S/C12H16ClN3O2S2/c1-2-16(9-5-3-4-6-9)20(17,18)11-10(13)14-12-15(11)7-8-19-12/h7-9H,2-6H2,1H3. The van der Waals surface area contributed by atoms with Crippen LogP contribution in [0.25, 0.3) is 4.96 Å². The van der Waals surface area contributed by atoms with E-state index in [-0.39, 0.29) is 16.2 Å². The monoisotopic (exact) mass is 333 g/mol. The molecular formula is C12H16ClN3O2S2. The van der Waals surface area contributed by atoms with Crippen LogP contribution in [0, 0.1) is 0 Å². The molecule has 0 radical (unpaired) electrons. The molecule has 3 rings (SSSR count). The summed E-state index contributed by atoms with van der Waals surface area (Å²) < 4.78 is 29.0. The molecule has 0 N–H and O–H groups in total. The van der Waals surface area contributed by atoms with Gasteiger partial charge in [-0.15, -0.1) is 11.3 Å². The topological polar surface area (TPSA) is 54.7 Å². The molecule has 0 atom stereocenters. The lowest BCUT2D eigenvalue weighted by Gasteiger charge is -2.26. The Morgan fingerprint density at radius 1 is 1.50 bits per heavy atom. The number of aromatic nitrogens is 2. The Labute approximate surface area is 127 Å². The van der Waals surface area contributed by atoms with Crippen molar-refractivity contribution in [2.24, 2.45) is 0 Å². The number of hydrogen-bond donors (Lipinski definition) is 0. The van der Waals surface area contributed by atoms with Gasteiger partial charge in [-0.05, 0) is 12.8 Å². The van der Waals surface area contributed by atoms with Crippen molar-refractivity contribution in [3.63, 3.8) is 0 Å². The first-order valence-electron chi connectivity index (χ1n) is 6.68. The third-order valence-corrected chi connectivity index (χ3v) is 6.96.